The first kappa shape index (κ1) is 19.8. The number of carbonyl (C=O) groups excluding carboxylic acids is 1. The van der Waals surface area contributed by atoms with Crippen molar-refractivity contribution < 1.29 is 24.9 Å². The van der Waals surface area contributed by atoms with Crippen LogP contribution in [-0.2, 0) is 11.2 Å². The number of likely N-dealkylation sites (tertiary alicyclic amines) is 1. The molecule has 1 aliphatic heterocycles. The molecule has 2 atom stereocenters. The minimum absolute atomic E-state index is 0.109. The minimum Gasteiger partial charge on any atom is -0.505 e. The van der Waals surface area contributed by atoms with Crippen molar-refractivity contribution in [2.45, 2.75) is 31.8 Å². The van der Waals surface area contributed by atoms with Crippen LogP contribution in [0.1, 0.15) is 35.3 Å². The second-order valence-corrected chi connectivity index (χ2v) is 7.20. The van der Waals surface area contributed by atoms with Crippen LogP contribution in [-0.4, -0.2) is 56.3 Å². The number of aromatic hydroxyl groups is 1. The number of hydrogen-bond donors (Lipinski definition) is 3. The first-order valence-electron chi connectivity index (χ1n) is 9.33. The molecule has 7 nitrogen and oxygen atoms in total. The van der Waals surface area contributed by atoms with E-state index in [2.05, 4.69) is 4.98 Å². The number of rotatable bonds is 6. The highest BCUT2D eigenvalue weighted by atomic mass is 16.4. The van der Waals surface area contributed by atoms with Crippen molar-refractivity contribution in [2.24, 2.45) is 5.41 Å². The lowest BCUT2D eigenvalue weighted by atomic mass is 9.73. The average Bonchev–Trinajstić information content (AvgIpc) is 2.70. The van der Waals surface area contributed by atoms with Gasteiger partial charge in [-0.15, -0.1) is 0 Å². The molecule has 0 saturated carbocycles. The number of aliphatic carboxylic acids is 1. The zero-order valence-electron chi connectivity index (χ0n) is 15.5. The summed E-state index contributed by atoms with van der Waals surface area (Å²) in [5.41, 5.74) is -0.449. The predicted molar refractivity (Wildman–Crippen MR) is 102 cm³/mol. The molecule has 1 aromatic heterocycles. The topological polar surface area (TPSA) is 111 Å². The molecule has 28 heavy (non-hydrogen) atoms. The van der Waals surface area contributed by atoms with Crippen molar-refractivity contribution >= 4 is 11.9 Å². The van der Waals surface area contributed by atoms with Gasteiger partial charge in [-0.25, -0.2) is 4.98 Å². The Hall–Kier alpha value is -2.93. The molecule has 2 heterocycles. The molecule has 1 aromatic carbocycles. The van der Waals surface area contributed by atoms with E-state index in [1.807, 2.05) is 30.3 Å². The van der Waals surface area contributed by atoms with Crippen LogP contribution < -0.4 is 0 Å². The number of aliphatic hydroxyl groups is 1. The minimum atomic E-state index is -1.44. The number of aryl methyl sites for hydroxylation is 1. The van der Waals surface area contributed by atoms with Crippen molar-refractivity contribution in [3.63, 3.8) is 0 Å². The monoisotopic (exact) mass is 384 g/mol. The SMILES string of the molecule is O=C(c1ncccc1O)N1CC[C@H](O)[C@](CCCc2ccccc2)(C(=O)O)C1. The summed E-state index contributed by atoms with van der Waals surface area (Å²) >= 11 is 0. The third-order valence-corrected chi connectivity index (χ3v) is 5.42. The van der Waals surface area contributed by atoms with Crippen LogP contribution in [0.5, 0.6) is 5.75 Å². The van der Waals surface area contributed by atoms with Crippen molar-refractivity contribution in [3.8, 4) is 5.75 Å². The third kappa shape index (κ3) is 3.99. The van der Waals surface area contributed by atoms with E-state index in [4.69, 9.17) is 0 Å². The molecular formula is C21H24N2O5. The molecule has 0 aliphatic carbocycles. The van der Waals surface area contributed by atoms with Gasteiger partial charge < -0.3 is 20.2 Å². The van der Waals surface area contributed by atoms with E-state index >= 15 is 0 Å². The Labute approximate surface area is 163 Å². The lowest BCUT2D eigenvalue weighted by molar-refractivity contribution is -0.162. The van der Waals surface area contributed by atoms with Crippen LogP contribution in [0.15, 0.2) is 48.7 Å². The summed E-state index contributed by atoms with van der Waals surface area (Å²) in [7, 11) is 0. The molecule has 1 amide bonds. The third-order valence-electron chi connectivity index (χ3n) is 5.42. The van der Waals surface area contributed by atoms with Gasteiger partial charge in [0.05, 0.1) is 6.10 Å². The van der Waals surface area contributed by atoms with Gasteiger partial charge >= 0.3 is 5.97 Å². The summed E-state index contributed by atoms with van der Waals surface area (Å²) in [5.74, 6) is -1.89. The van der Waals surface area contributed by atoms with Crippen molar-refractivity contribution in [1.82, 2.24) is 9.88 Å². The molecule has 3 N–H and O–H groups in total. The number of amides is 1. The number of pyridine rings is 1. The Morgan fingerprint density at radius 3 is 2.61 bits per heavy atom. The van der Waals surface area contributed by atoms with Gasteiger partial charge in [0.25, 0.3) is 5.91 Å². The number of carboxylic acid groups (broad SMARTS) is 1. The van der Waals surface area contributed by atoms with Crippen LogP contribution in [0.4, 0.5) is 0 Å². The highest BCUT2D eigenvalue weighted by Crippen LogP contribution is 2.37. The van der Waals surface area contributed by atoms with Gasteiger partial charge in [-0.05, 0) is 43.4 Å². The number of benzene rings is 1. The van der Waals surface area contributed by atoms with E-state index in [-0.39, 0.29) is 37.4 Å². The van der Waals surface area contributed by atoms with Gasteiger partial charge in [0.1, 0.15) is 11.2 Å². The molecular weight excluding hydrogens is 360 g/mol. The molecule has 2 aromatic rings. The van der Waals surface area contributed by atoms with E-state index < -0.39 is 23.4 Å². The fourth-order valence-corrected chi connectivity index (χ4v) is 3.78. The summed E-state index contributed by atoms with van der Waals surface area (Å²) in [6.45, 7) is 0.0941. The van der Waals surface area contributed by atoms with E-state index in [1.54, 1.807) is 0 Å². The fraction of sp³-hybridized carbons (Fsp3) is 0.381. The number of aromatic nitrogens is 1. The number of aliphatic hydroxyl groups excluding tert-OH is 1. The molecule has 0 spiro atoms. The molecule has 148 valence electrons. The van der Waals surface area contributed by atoms with Crippen LogP contribution in [0.2, 0.25) is 0 Å². The first-order chi connectivity index (χ1) is 13.4. The quantitative estimate of drug-likeness (QED) is 0.703. The molecule has 7 heteroatoms. The van der Waals surface area contributed by atoms with Gasteiger partial charge in [-0.2, -0.15) is 0 Å². The Balaban J connectivity index is 1.76. The van der Waals surface area contributed by atoms with E-state index in [0.29, 0.717) is 12.8 Å². The lowest BCUT2D eigenvalue weighted by Gasteiger charge is -2.43. The van der Waals surface area contributed by atoms with Crippen molar-refractivity contribution in [1.29, 1.82) is 0 Å². The highest BCUT2D eigenvalue weighted by molar-refractivity contribution is 5.95. The second kappa shape index (κ2) is 8.39. The zero-order chi connectivity index (χ0) is 20.1. The number of carboxylic acids is 1. The Morgan fingerprint density at radius 2 is 1.93 bits per heavy atom. The molecule has 1 fully saturated rings. The van der Waals surface area contributed by atoms with Crippen LogP contribution in [0.25, 0.3) is 0 Å². The maximum atomic E-state index is 12.8. The van der Waals surface area contributed by atoms with E-state index in [0.717, 1.165) is 5.56 Å². The van der Waals surface area contributed by atoms with Gasteiger partial charge in [0.2, 0.25) is 0 Å². The van der Waals surface area contributed by atoms with Crippen molar-refractivity contribution in [3.05, 3.63) is 59.9 Å². The summed E-state index contributed by atoms with van der Waals surface area (Å²) in [4.78, 5) is 30.2. The summed E-state index contributed by atoms with van der Waals surface area (Å²) in [6, 6.07) is 12.6. The molecule has 0 unspecified atom stereocenters. The van der Waals surface area contributed by atoms with E-state index in [1.165, 1.54) is 23.2 Å². The molecule has 3 rings (SSSR count). The molecule has 1 aliphatic rings. The Kier molecular flexibility index (Phi) is 5.94. The number of carbonyl (C=O) groups is 2. The number of piperidine rings is 1. The predicted octanol–water partition coefficient (Wildman–Crippen LogP) is 2.09. The van der Waals surface area contributed by atoms with Gasteiger partial charge in [-0.1, -0.05) is 30.3 Å². The standard InChI is InChI=1S/C21H24N2O5/c24-16-9-5-12-22-18(16)19(26)23-13-10-17(25)21(14-23,20(27)28)11-4-8-15-6-2-1-3-7-15/h1-3,5-7,9,12,17,24-25H,4,8,10-11,13-14H2,(H,27,28)/t17-,21+/m0/s1. The summed E-state index contributed by atoms with van der Waals surface area (Å²) < 4.78 is 0. The van der Waals surface area contributed by atoms with Gasteiger partial charge in [0, 0.05) is 19.3 Å². The van der Waals surface area contributed by atoms with Crippen LogP contribution >= 0.6 is 0 Å². The molecule has 0 bridgehead atoms. The molecule has 1 saturated heterocycles. The van der Waals surface area contributed by atoms with Gasteiger partial charge in [0.15, 0.2) is 5.69 Å². The normalized spacial score (nSPS) is 22.0. The molecule has 0 radical (unpaired) electrons. The zero-order valence-corrected chi connectivity index (χ0v) is 15.5. The van der Waals surface area contributed by atoms with Crippen LogP contribution in [0.3, 0.4) is 0 Å². The van der Waals surface area contributed by atoms with Gasteiger partial charge in [-0.3, -0.25) is 9.59 Å². The summed E-state index contributed by atoms with van der Waals surface area (Å²) in [6.07, 6.45) is 2.03. The Bertz CT molecular complexity index is 842. The maximum Gasteiger partial charge on any atom is 0.314 e. The number of nitrogens with zero attached hydrogens (tertiary/aromatic N) is 2. The lowest BCUT2D eigenvalue weighted by Crippen LogP contribution is -2.57. The van der Waals surface area contributed by atoms with Crippen LogP contribution in [0, 0.1) is 5.41 Å². The first-order valence-corrected chi connectivity index (χ1v) is 9.33. The Morgan fingerprint density at radius 1 is 1.18 bits per heavy atom. The number of hydrogen-bond acceptors (Lipinski definition) is 5. The highest BCUT2D eigenvalue weighted by Gasteiger charge is 2.50. The summed E-state index contributed by atoms with van der Waals surface area (Å²) in [5, 5.41) is 30.3. The van der Waals surface area contributed by atoms with E-state index in [9.17, 15) is 24.9 Å². The smallest absolute Gasteiger partial charge is 0.314 e. The second-order valence-electron chi connectivity index (χ2n) is 7.20. The largest absolute Gasteiger partial charge is 0.505 e. The maximum absolute atomic E-state index is 12.8. The fourth-order valence-electron chi connectivity index (χ4n) is 3.78. The van der Waals surface area contributed by atoms with Crippen molar-refractivity contribution in [2.75, 3.05) is 13.1 Å². The average molecular weight is 384 g/mol.